The predicted octanol–water partition coefficient (Wildman–Crippen LogP) is 3.00. The molecule has 0 radical (unpaired) electrons. The van der Waals surface area contributed by atoms with Crippen molar-refractivity contribution in [2.75, 3.05) is 17.0 Å². The minimum absolute atomic E-state index is 0.149. The molecule has 1 aromatic heterocycles. The van der Waals surface area contributed by atoms with E-state index < -0.39 is 27.8 Å². The third kappa shape index (κ3) is 4.88. The molecular weight excluding hydrogens is 410 g/mol. The summed E-state index contributed by atoms with van der Waals surface area (Å²) >= 11 is 6.03. The Labute approximate surface area is 165 Å². The summed E-state index contributed by atoms with van der Waals surface area (Å²) in [7, 11) is -3.18. The SMILES string of the molecule is NC(=O)NCCS(=O)c1ccc(Cl)cc1NS(=O)c1cc2ccccc2o1. The van der Waals surface area contributed by atoms with Crippen molar-refractivity contribution in [3.8, 4) is 0 Å². The smallest absolute Gasteiger partial charge is 0.312 e. The van der Waals surface area contributed by atoms with Gasteiger partial charge in [-0.05, 0) is 24.3 Å². The first-order chi connectivity index (χ1) is 12.9. The molecule has 7 nitrogen and oxygen atoms in total. The van der Waals surface area contributed by atoms with Crippen LogP contribution in [-0.2, 0) is 21.8 Å². The van der Waals surface area contributed by atoms with Crippen LogP contribution in [0.4, 0.5) is 10.5 Å². The fourth-order valence-corrected chi connectivity index (χ4v) is 4.54. The van der Waals surface area contributed by atoms with Crippen LogP contribution in [-0.4, -0.2) is 26.7 Å². The lowest BCUT2D eigenvalue weighted by Gasteiger charge is -2.11. The third-order valence-electron chi connectivity index (χ3n) is 3.56. The van der Waals surface area contributed by atoms with Crippen molar-refractivity contribution in [3.63, 3.8) is 0 Å². The van der Waals surface area contributed by atoms with Gasteiger partial charge < -0.3 is 15.5 Å². The second-order valence-corrected chi connectivity index (χ2v) is 8.57. The molecule has 1 heterocycles. The van der Waals surface area contributed by atoms with Crippen LogP contribution in [0.1, 0.15) is 0 Å². The second kappa shape index (κ2) is 8.55. The lowest BCUT2D eigenvalue weighted by Crippen LogP contribution is -2.32. The topological polar surface area (TPSA) is 114 Å². The number of anilines is 1. The number of primary amides is 1. The standard InChI is InChI=1S/C17H16ClN3O4S2/c18-12-5-6-15(26(23)8-7-20-17(19)22)13(10-12)21-27(24)16-9-11-3-1-2-4-14(11)25-16/h1-6,9-10,21H,7-8H2,(H3,19,20,22). The number of benzene rings is 2. The Hall–Kier alpha value is -2.36. The number of urea groups is 1. The lowest BCUT2D eigenvalue weighted by molar-refractivity contribution is 0.249. The summed E-state index contributed by atoms with van der Waals surface area (Å²) in [5.74, 6) is 0.149. The van der Waals surface area contributed by atoms with E-state index in [2.05, 4.69) is 10.0 Å². The van der Waals surface area contributed by atoms with Gasteiger partial charge in [-0.2, -0.15) is 0 Å². The van der Waals surface area contributed by atoms with Crippen LogP contribution in [0.25, 0.3) is 11.0 Å². The highest BCUT2D eigenvalue weighted by Gasteiger charge is 2.16. The minimum atomic E-state index is -1.71. The molecule has 0 aliphatic heterocycles. The quantitative estimate of drug-likeness (QED) is 0.539. The Balaban J connectivity index is 1.80. The third-order valence-corrected chi connectivity index (χ3v) is 6.19. The number of carbonyl (C=O) groups is 1. The maximum absolute atomic E-state index is 12.7. The maximum Gasteiger partial charge on any atom is 0.312 e. The van der Waals surface area contributed by atoms with Crippen LogP contribution in [0.5, 0.6) is 0 Å². The number of carbonyl (C=O) groups excluding carboxylic acids is 1. The molecule has 0 aliphatic carbocycles. The number of hydrogen-bond donors (Lipinski definition) is 3. The van der Waals surface area contributed by atoms with Crippen LogP contribution in [0.3, 0.4) is 0 Å². The highest BCUT2D eigenvalue weighted by atomic mass is 35.5. The van der Waals surface area contributed by atoms with E-state index in [4.69, 9.17) is 21.8 Å². The fourth-order valence-electron chi connectivity index (χ4n) is 2.36. The Morgan fingerprint density at radius 1 is 1.15 bits per heavy atom. The molecule has 0 saturated carbocycles. The average Bonchev–Trinajstić information content (AvgIpc) is 3.05. The molecule has 0 aliphatic rings. The van der Waals surface area contributed by atoms with Gasteiger partial charge in [-0.3, -0.25) is 8.93 Å². The molecule has 142 valence electrons. The first-order valence-electron chi connectivity index (χ1n) is 7.82. The highest BCUT2D eigenvalue weighted by Crippen LogP contribution is 2.27. The number of nitrogens with two attached hydrogens (primary N) is 1. The monoisotopic (exact) mass is 425 g/mol. The van der Waals surface area contributed by atoms with E-state index in [-0.39, 0.29) is 17.4 Å². The van der Waals surface area contributed by atoms with Crippen molar-refractivity contribution >= 4 is 56.1 Å². The molecule has 3 rings (SSSR count). The zero-order valence-electron chi connectivity index (χ0n) is 13.9. The zero-order chi connectivity index (χ0) is 19.4. The van der Waals surface area contributed by atoms with E-state index >= 15 is 0 Å². The van der Waals surface area contributed by atoms with Crippen LogP contribution < -0.4 is 15.8 Å². The first kappa shape index (κ1) is 19.4. The number of rotatable bonds is 7. The largest absolute Gasteiger partial charge is 0.445 e. The number of para-hydroxylation sites is 1. The number of halogens is 1. The molecule has 2 aromatic carbocycles. The summed E-state index contributed by atoms with van der Waals surface area (Å²) in [5.41, 5.74) is 5.98. The van der Waals surface area contributed by atoms with E-state index in [1.807, 2.05) is 18.2 Å². The van der Waals surface area contributed by atoms with Gasteiger partial charge in [0.05, 0.1) is 21.4 Å². The van der Waals surface area contributed by atoms with Crippen molar-refractivity contribution < 1.29 is 17.6 Å². The van der Waals surface area contributed by atoms with Gasteiger partial charge in [-0.1, -0.05) is 29.8 Å². The van der Waals surface area contributed by atoms with Gasteiger partial charge in [0.1, 0.15) is 5.58 Å². The Bertz CT molecular complexity index is 1000. The van der Waals surface area contributed by atoms with Gasteiger partial charge in [0, 0.05) is 28.8 Å². The predicted molar refractivity (Wildman–Crippen MR) is 107 cm³/mol. The fraction of sp³-hybridized carbons (Fsp3) is 0.118. The molecule has 2 atom stereocenters. The lowest BCUT2D eigenvalue weighted by atomic mass is 10.3. The van der Waals surface area contributed by atoms with Gasteiger partial charge >= 0.3 is 6.03 Å². The Morgan fingerprint density at radius 3 is 2.67 bits per heavy atom. The summed E-state index contributed by atoms with van der Waals surface area (Å²) in [4.78, 5) is 11.1. The second-order valence-electron chi connectivity index (χ2n) is 5.46. The molecule has 0 fully saturated rings. The molecule has 0 saturated heterocycles. The van der Waals surface area contributed by atoms with Crippen molar-refractivity contribution in [1.29, 1.82) is 0 Å². The summed E-state index contributed by atoms with van der Waals surface area (Å²) in [5, 5.41) is 3.85. The van der Waals surface area contributed by atoms with E-state index in [9.17, 15) is 13.2 Å². The van der Waals surface area contributed by atoms with Gasteiger partial charge in [-0.25, -0.2) is 9.00 Å². The van der Waals surface area contributed by atoms with Crippen molar-refractivity contribution in [1.82, 2.24) is 5.32 Å². The Morgan fingerprint density at radius 2 is 1.93 bits per heavy atom. The average molecular weight is 426 g/mol. The number of amides is 2. The molecule has 2 unspecified atom stereocenters. The number of furan rings is 1. The van der Waals surface area contributed by atoms with Crippen LogP contribution in [0.2, 0.25) is 5.02 Å². The highest BCUT2D eigenvalue weighted by molar-refractivity contribution is 7.87. The van der Waals surface area contributed by atoms with Crippen LogP contribution in [0, 0.1) is 0 Å². The van der Waals surface area contributed by atoms with E-state index in [0.717, 1.165) is 5.39 Å². The van der Waals surface area contributed by atoms with Gasteiger partial charge in [0.25, 0.3) is 0 Å². The van der Waals surface area contributed by atoms with Crippen LogP contribution >= 0.6 is 11.6 Å². The summed E-state index contributed by atoms with van der Waals surface area (Å²) < 4.78 is 33.6. The summed E-state index contributed by atoms with van der Waals surface area (Å²) in [6.07, 6.45) is 0. The molecule has 0 spiro atoms. The molecule has 4 N–H and O–H groups in total. The van der Waals surface area contributed by atoms with Crippen LogP contribution in [0.15, 0.2) is 62.9 Å². The molecule has 27 heavy (non-hydrogen) atoms. The van der Waals surface area contributed by atoms with Gasteiger partial charge in [0.15, 0.2) is 11.0 Å². The minimum Gasteiger partial charge on any atom is -0.445 e. The normalized spacial score (nSPS) is 13.2. The molecular formula is C17H16ClN3O4S2. The number of hydrogen-bond acceptors (Lipinski definition) is 4. The van der Waals surface area contributed by atoms with E-state index in [1.54, 1.807) is 24.3 Å². The van der Waals surface area contributed by atoms with Crippen molar-refractivity contribution in [3.05, 3.63) is 53.6 Å². The zero-order valence-corrected chi connectivity index (χ0v) is 16.3. The van der Waals surface area contributed by atoms with Crippen molar-refractivity contribution in [2.24, 2.45) is 5.73 Å². The van der Waals surface area contributed by atoms with Gasteiger partial charge in [0.2, 0.25) is 5.09 Å². The van der Waals surface area contributed by atoms with E-state index in [1.165, 1.54) is 6.07 Å². The molecule has 2 amide bonds. The van der Waals surface area contributed by atoms with Gasteiger partial charge in [-0.15, -0.1) is 0 Å². The molecule has 3 aromatic rings. The number of fused-ring (bicyclic) bond motifs is 1. The van der Waals surface area contributed by atoms with Crippen molar-refractivity contribution in [2.45, 2.75) is 9.99 Å². The maximum atomic E-state index is 12.7. The summed E-state index contributed by atoms with van der Waals surface area (Å²) in [6, 6.07) is 13.0. The first-order valence-corrected chi connectivity index (χ1v) is 10.7. The van der Waals surface area contributed by atoms with E-state index in [0.29, 0.717) is 21.2 Å². The Kier molecular flexibility index (Phi) is 6.15. The summed E-state index contributed by atoms with van der Waals surface area (Å²) in [6.45, 7) is 0.149. The molecule has 0 bridgehead atoms. The molecule has 10 heteroatoms. The number of nitrogens with one attached hydrogen (secondary N) is 2.